The number of fused-ring (bicyclic) bond motifs is 1. The monoisotopic (exact) mass is 803 g/mol. The number of esters is 1. The van der Waals surface area contributed by atoms with Gasteiger partial charge in [-0.25, -0.2) is 14.2 Å². The lowest BCUT2D eigenvalue weighted by molar-refractivity contribution is 0.0519. The number of aromatic nitrogens is 4. The predicted octanol–water partition coefficient (Wildman–Crippen LogP) is 8.06. The minimum atomic E-state index is -1.22. The molecule has 0 spiro atoms. The first-order chi connectivity index (χ1) is 26.2. The SMILES string of the molecule is CCOC(=O)c1nc(N(C)c2cc(C)c(N=c3sc4ccccc4n3COCC[Si](C)(C)C)nn2)sc1C[C@H](C)COc1ccc(C#CCN(C)C)cc1F. The van der Waals surface area contributed by atoms with Crippen molar-refractivity contribution in [1.82, 2.24) is 24.6 Å². The van der Waals surface area contributed by atoms with Crippen molar-refractivity contribution < 1.29 is 23.4 Å². The number of hydrogen-bond donors (Lipinski definition) is 0. The Morgan fingerprint density at radius 2 is 1.87 bits per heavy atom. The number of thiazole rings is 2. The molecule has 0 fully saturated rings. The first kappa shape index (κ1) is 41.7. The topological polar surface area (TPSA) is 107 Å². The maximum absolute atomic E-state index is 14.8. The Morgan fingerprint density at radius 1 is 1.09 bits per heavy atom. The summed E-state index contributed by atoms with van der Waals surface area (Å²) in [5.74, 6) is 6.13. The van der Waals surface area contributed by atoms with E-state index in [0.717, 1.165) is 31.5 Å². The number of anilines is 2. The first-order valence-electron chi connectivity index (χ1n) is 18.2. The number of rotatable bonds is 16. The van der Waals surface area contributed by atoms with E-state index in [4.69, 9.17) is 24.2 Å². The molecule has 0 aliphatic heterocycles. The van der Waals surface area contributed by atoms with Crippen LogP contribution in [0.15, 0.2) is 53.5 Å². The van der Waals surface area contributed by atoms with Gasteiger partial charge in [0.2, 0.25) is 0 Å². The van der Waals surface area contributed by atoms with E-state index in [-0.39, 0.29) is 30.6 Å². The van der Waals surface area contributed by atoms with Crippen molar-refractivity contribution in [3.8, 4) is 17.6 Å². The number of aryl methyl sites for hydroxylation is 1. The summed E-state index contributed by atoms with van der Waals surface area (Å²) < 4.78 is 35.4. The largest absolute Gasteiger partial charge is 0.490 e. The van der Waals surface area contributed by atoms with Crippen LogP contribution in [-0.4, -0.2) is 86.2 Å². The lowest BCUT2D eigenvalue weighted by Gasteiger charge is -2.16. The van der Waals surface area contributed by atoms with Gasteiger partial charge in [0.1, 0.15) is 6.73 Å². The van der Waals surface area contributed by atoms with E-state index in [0.29, 0.717) is 48.6 Å². The van der Waals surface area contributed by atoms with Crippen LogP contribution in [0.5, 0.6) is 5.75 Å². The van der Waals surface area contributed by atoms with E-state index >= 15 is 0 Å². The highest BCUT2D eigenvalue weighted by molar-refractivity contribution is 7.16. The molecule has 292 valence electrons. The molecule has 5 aromatic rings. The molecule has 11 nitrogen and oxygen atoms in total. The van der Waals surface area contributed by atoms with Crippen molar-refractivity contribution in [2.24, 2.45) is 10.9 Å². The van der Waals surface area contributed by atoms with Crippen LogP contribution < -0.4 is 14.4 Å². The molecule has 0 aliphatic carbocycles. The third kappa shape index (κ3) is 11.5. The second kappa shape index (κ2) is 18.9. The van der Waals surface area contributed by atoms with Crippen LogP contribution in [0.1, 0.15) is 40.3 Å². The number of para-hydroxylation sites is 1. The second-order valence-electron chi connectivity index (χ2n) is 14.8. The molecular weight excluding hydrogens is 754 g/mol. The molecule has 5 rings (SSSR count). The van der Waals surface area contributed by atoms with Crippen molar-refractivity contribution in [3.05, 3.63) is 80.8 Å². The number of carbonyl (C=O) groups excluding carboxylic acids is 1. The molecule has 1 atom stereocenters. The zero-order chi connectivity index (χ0) is 39.7. The van der Waals surface area contributed by atoms with E-state index < -0.39 is 19.9 Å². The Kier molecular flexibility index (Phi) is 14.3. The highest BCUT2D eigenvalue weighted by Crippen LogP contribution is 2.33. The van der Waals surface area contributed by atoms with Gasteiger partial charge in [-0.1, -0.05) is 61.9 Å². The summed E-state index contributed by atoms with van der Waals surface area (Å²) in [4.78, 5) is 27.9. The van der Waals surface area contributed by atoms with Gasteiger partial charge in [-0.2, -0.15) is 4.99 Å². The fourth-order valence-corrected chi connectivity index (χ4v) is 8.23. The smallest absolute Gasteiger partial charge is 0.358 e. The van der Waals surface area contributed by atoms with E-state index in [1.165, 1.54) is 17.4 Å². The Hall–Kier alpha value is -4.46. The Bertz CT molecular complexity index is 2240. The van der Waals surface area contributed by atoms with Gasteiger partial charge in [-0.05, 0) is 88.3 Å². The maximum Gasteiger partial charge on any atom is 0.358 e. The number of benzene rings is 2. The average Bonchev–Trinajstić information content (AvgIpc) is 3.71. The number of ether oxygens (including phenoxy) is 3. The van der Waals surface area contributed by atoms with E-state index in [9.17, 15) is 9.18 Å². The Labute approximate surface area is 331 Å². The van der Waals surface area contributed by atoms with Crippen molar-refractivity contribution >= 4 is 63.7 Å². The molecule has 0 bridgehead atoms. The quantitative estimate of drug-likeness (QED) is 0.0424. The predicted molar refractivity (Wildman–Crippen MR) is 222 cm³/mol. The standard InChI is InChI=1S/C40H50FN7O4S2Si/c1-10-51-38(49)36-34(22-27(2)25-52-32-18-17-29(24-30(32)41)14-13-19-46(4)5)54-39(42-36)47(6)35-23-28(3)37(45-44-35)43-40-48(26-50-20-21-55(7,8)9)31-15-11-12-16-33(31)53-40/h11-12,15-18,23-24,27H,10,19-22,25-26H2,1-9H3/t27-/m0/s1. The van der Waals surface area contributed by atoms with Gasteiger partial charge >= 0.3 is 5.97 Å². The third-order valence-electron chi connectivity index (χ3n) is 8.35. The Balaban J connectivity index is 1.32. The molecule has 0 amide bonds. The number of carbonyl (C=O) groups is 1. The highest BCUT2D eigenvalue weighted by atomic mass is 32.1. The molecule has 3 aromatic heterocycles. The number of nitrogens with zero attached hydrogens (tertiary/aromatic N) is 7. The van der Waals surface area contributed by atoms with Gasteiger partial charge in [0.05, 0.1) is 30.0 Å². The zero-order valence-corrected chi connectivity index (χ0v) is 35.7. The summed E-state index contributed by atoms with van der Waals surface area (Å²) in [6.07, 6.45) is 0.467. The van der Waals surface area contributed by atoms with Gasteiger partial charge in [0.15, 0.2) is 38.8 Å². The van der Waals surface area contributed by atoms with Crippen LogP contribution in [-0.2, 0) is 22.6 Å². The van der Waals surface area contributed by atoms with Gasteiger partial charge in [-0.15, -0.1) is 21.5 Å². The Morgan fingerprint density at radius 3 is 2.58 bits per heavy atom. The lowest BCUT2D eigenvalue weighted by atomic mass is 10.1. The fourth-order valence-electron chi connectivity index (χ4n) is 5.28. The highest BCUT2D eigenvalue weighted by Gasteiger charge is 2.24. The fraction of sp³-hybridized carbons (Fsp3) is 0.425. The lowest BCUT2D eigenvalue weighted by Crippen LogP contribution is -2.23. The van der Waals surface area contributed by atoms with E-state index in [2.05, 4.69) is 58.4 Å². The van der Waals surface area contributed by atoms with Crippen molar-refractivity contribution in [3.63, 3.8) is 0 Å². The molecule has 3 heterocycles. The molecule has 55 heavy (non-hydrogen) atoms. The third-order valence-corrected chi connectivity index (χ3v) is 12.3. The molecular formula is C40H50FN7O4S2Si. The van der Waals surface area contributed by atoms with Crippen molar-refractivity contribution in [2.45, 2.75) is 59.6 Å². The van der Waals surface area contributed by atoms with Gasteiger partial charge in [0, 0.05) is 32.2 Å². The number of halogens is 1. The summed E-state index contributed by atoms with van der Waals surface area (Å²) in [5.41, 5.74) is 2.71. The van der Waals surface area contributed by atoms with Crippen LogP contribution in [0.4, 0.5) is 21.2 Å². The van der Waals surface area contributed by atoms with Crippen LogP contribution >= 0.6 is 22.7 Å². The summed E-state index contributed by atoms with van der Waals surface area (Å²) in [7, 11) is 4.46. The minimum Gasteiger partial charge on any atom is -0.490 e. The van der Waals surface area contributed by atoms with Crippen LogP contribution in [0.25, 0.3) is 10.2 Å². The van der Waals surface area contributed by atoms with Gasteiger partial charge in [0.25, 0.3) is 0 Å². The molecule has 0 saturated heterocycles. The van der Waals surface area contributed by atoms with Gasteiger partial charge < -0.3 is 19.1 Å². The molecule has 0 saturated carbocycles. The van der Waals surface area contributed by atoms with Crippen molar-refractivity contribution in [1.29, 1.82) is 0 Å². The number of hydrogen-bond acceptors (Lipinski definition) is 12. The molecule has 15 heteroatoms. The van der Waals surface area contributed by atoms with Crippen molar-refractivity contribution in [2.75, 3.05) is 52.4 Å². The first-order valence-corrected chi connectivity index (χ1v) is 23.6. The van der Waals surface area contributed by atoms with Crippen LogP contribution in [0.2, 0.25) is 25.7 Å². The summed E-state index contributed by atoms with van der Waals surface area (Å²) in [6, 6.07) is 15.9. The maximum atomic E-state index is 14.8. The zero-order valence-electron chi connectivity index (χ0n) is 33.1. The summed E-state index contributed by atoms with van der Waals surface area (Å²) >= 11 is 2.95. The van der Waals surface area contributed by atoms with E-state index in [1.54, 1.807) is 35.3 Å². The summed E-state index contributed by atoms with van der Waals surface area (Å²) in [6.45, 7) is 14.8. The second-order valence-corrected chi connectivity index (χ2v) is 22.5. The van der Waals surface area contributed by atoms with Crippen LogP contribution in [0.3, 0.4) is 0 Å². The molecule has 0 aliphatic rings. The minimum absolute atomic E-state index is 0.0731. The van der Waals surface area contributed by atoms with E-state index in [1.807, 2.05) is 58.1 Å². The molecule has 2 aromatic carbocycles. The molecule has 0 radical (unpaired) electrons. The van der Waals surface area contributed by atoms with Gasteiger partial charge in [-0.3, -0.25) is 9.47 Å². The normalized spacial score (nSPS) is 12.5. The summed E-state index contributed by atoms with van der Waals surface area (Å²) in [5, 5.41) is 9.59. The molecule has 0 unspecified atom stereocenters. The molecule has 0 N–H and O–H groups in total. The average molecular weight is 804 g/mol. The van der Waals surface area contributed by atoms with Crippen LogP contribution in [0, 0.1) is 30.5 Å².